The van der Waals surface area contributed by atoms with Crippen LogP contribution in [0.15, 0.2) is 58.8 Å². The molecule has 184 valence electrons. The van der Waals surface area contributed by atoms with Crippen LogP contribution in [0.5, 0.6) is 0 Å². The molecule has 0 aromatic heterocycles. The van der Waals surface area contributed by atoms with E-state index in [2.05, 4.69) is 22.1 Å². The third-order valence-corrected chi connectivity index (χ3v) is 4.96. The molecule has 0 heterocycles. The van der Waals surface area contributed by atoms with Crippen LogP contribution >= 0.6 is 0 Å². The van der Waals surface area contributed by atoms with Crippen LogP contribution in [0, 0.1) is 0 Å². The van der Waals surface area contributed by atoms with Gasteiger partial charge < -0.3 is 25.2 Å². The van der Waals surface area contributed by atoms with E-state index in [0.717, 1.165) is 18.5 Å². The number of nitrogens with zero attached hydrogens (tertiary/aromatic N) is 2. The smallest absolute Gasteiger partial charge is 0.410 e. The molecule has 2 N–H and O–H groups in total. The molecule has 0 bridgehead atoms. The second-order valence-corrected chi connectivity index (χ2v) is 9.33. The summed E-state index contributed by atoms with van der Waals surface area (Å²) in [6, 6.07) is 7.43. The average Bonchev–Trinajstić information content (AvgIpc) is 2.76. The first-order valence-electron chi connectivity index (χ1n) is 11.3. The van der Waals surface area contributed by atoms with E-state index in [9.17, 15) is 14.4 Å². The second kappa shape index (κ2) is 12.2. The Hall–Kier alpha value is -3.39. The Morgan fingerprint density at radius 1 is 1.12 bits per heavy atom. The molecule has 0 saturated carbocycles. The summed E-state index contributed by atoms with van der Waals surface area (Å²) in [5, 5.41) is 6.10. The van der Waals surface area contributed by atoms with E-state index in [1.807, 2.05) is 59.1 Å². The van der Waals surface area contributed by atoms with E-state index in [1.54, 1.807) is 23.3 Å². The Morgan fingerprint density at radius 2 is 1.82 bits per heavy atom. The molecule has 8 nitrogen and oxygen atoms in total. The molecule has 8 heteroatoms. The Balaban J connectivity index is 2.23. The molecular formula is C26H36N4O4. The molecule has 0 spiro atoms. The summed E-state index contributed by atoms with van der Waals surface area (Å²) >= 11 is 0. The molecule has 0 atom stereocenters. The molecule has 2 aromatic rings. The monoisotopic (exact) mass is 468 g/mol. The highest BCUT2D eigenvalue weighted by molar-refractivity contribution is 5.71. The van der Waals surface area contributed by atoms with Crippen LogP contribution in [0.2, 0.25) is 0 Å². The minimum Gasteiger partial charge on any atom is -0.444 e. The fourth-order valence-corrected chi connectivity index (χ4v) is 3.30. The lowest BCUT2D eigenvalue weighted by atomic mass is 10.1. The van der Waals surface area contributed by atoms with Crippen molar-refractivity contribution in [2.24, 2.45) is 0 Å². The number of benzene rings is 1. The van der Waals surface area contributed by atoms with Crippen molar-refractivity contribution in [2.45, 2.75) is 45.9 Å². The number of carbonyl (C=O) groups is 1. The predicted octanol–water partition coefficient (Wildman–Crippen LogP) is 3.50. The van der Waals surface area contributed by atoms with Gasteiger partial charge in [-0.05, 0) is 71.7 Å². The number of amides is 1. The van der Waals surface area contributed by atoms with Crippen molar-refractivity contribution in [3.63, 3.8) is 0 Å². The number of anilines is 2. The third-order valence-electron chi connectivity index (χ3n) is 4.96. The number of ether oxygens (including phenoxy) is 1. The lowest BCUT2D eigenvalue weighted by molar-refractivity contribution is 0.0228. The first-order valence-corrected chi connectivity index (χ1v) is 11.3. The average molecular weight is 469 g/mol. The number of carbonyl (C=O) groups excluding carboxylic acids is 1. The quantitative estimate of drug-likeness (QED) is 0.364. The Morgan fingerprint density at radius 3 is 2.47 bits per heavy atom. The van der Waals surface area contributed by atoms with Gasteiger partial charge >= 0.3 is 6.09 Å². The van der Waals surface area contributed by atoms with Crippen molar-refractivity contribution in [3.8, 4) is 0 Å². The van der Waals surface area contributed by atoms with Gasteiger partial charge in [-0.1, -0.05) is 30.9 Å². The maximum absolute atomic E-state index is 12.9. The molecular weight excluding hydrogens is 432 g/mol. The van der Waals surface area contributed by atoms with Crippen molar-refractivity contribution in [3.05, 3.63) is 80.8 Å². The van der Waals surface area contributed by atoms with E-state index in [1.165, 1.54) is 0 Å². The number of hydrogen-bond donors (Lipinski definition) is 2. The predicted molar refractivity (Wildman–Crippen MR) is 137 cm³/mol. The first kappa shape index (κ1) is 26.9. The molecule has 0 aliphatic heterocycles. The highest BCUT2D eigenvalue weighted by atomic mass is 16.6. The molecule has 0 saturated heterocycles. The topological polar surface area (TPSA) is 91.0 Å². The lowest BCUT2D eigenvalue weighted by Gasteiger charge is -2.28. The minimum atomic E-state index is -0.611. The lowest BCUT2D eigenvalue weighted by Crippen LogP contribution is -2.40. The van der Waals surface area contributed by atoms with Crippen LogP contribution in [-0.2, 0) is 17.8 Å². The largest absolute Gasteiger partial charge is 0.444 e. The van der Waals surface area contributed by atoms with Crippen molar-refractivity contribution in [2.75, 3.05) is 32.5 Å². The highest BCUT2D eigenvalue weighted by Gasteiger charge is 2.24. The Labute approximate surface area is 201 Å². The SMILES string of the molecule is C=C/C=C/NCc1c(Nc2ccccc2CN(CCCN(C)C)C(=O)OC(C)(C)C)c(=O)c1=O. The molecule has 2 aromatic carbocycles. The van der Waals surface area contributed by atoms with Crippen molar-refractivity contribution >= 4 is 17.5 Å². The molecule has 0 radical (unpaired) electrons. The van der Waals surface area contributed by atoms with Gasteiger partial charge in [0.1, 0.15) is 5.60 Å². The van der Waals surface area contributed by atoms with Gasteiger partial charge in [-0.3, -0.25) is 9.59 Å². The number of nitrogens with one attached hydrogen (secondary N) is 2. The van der Waals surface area contributed by atoms with Crippen molar-refractivity contribution in [1.29, 1.82) is 0 Å². The van der Waals surface area contributed by atoms with Crippen LogP contribution in [0.25, 0.3) is 0 Å². The van der Waals surface area contributed by atoms with Gasteiger partial charge in [0.25, 0.3) is 0 Å². The van der Waals surface area contributed by atoms with Gasteiger partial charge in [0.05, 0.1) is 17.8 Å². The zero-order valence-corrected chi connectivity index (χ0v) is 20.8. The summed E-state index contributed by atoms with van der Waals surface area (Å²) in [4.78, 5) is 41.0. The normalized spacial score (nSPS) is 11.7. The molecule has 2 rings (SSSR count). The van der Waals surface area contributed by atoms with Crippen LogP contribution < -0.4 is 21.5 Å². The van der Waals surface area contributed by atoms with Crippen molar-refractivity contribution < 1.29 is 9.53 Å². The van der Waals surface area contributed by atoms with Gasteiger partial charge in [-0.2, -0.15) is 0 Å². The summed E-state index contributed by atoms with van der Waals surface area (Å²) in [6.45, 7) is 11.0. The van der Waals surface area contributed by atoms with E-state index in [-0.39, 0.29) is 12.2 Å². The number of para-hydroxylation sites is 1. The zero-order chi connectivity index (χ0) is 25.3. The highest BCUT2D eigenvalue weighted by Crippen LogP contribution is 2.23. The number of hydrogen-bond acceptors (Lipinski definition) is 7. The summed E-state index contributed by atoms with van der Waals surface area (Å²) in [6.07, 6.45) is 5.37. The molecule has 0 fully saturated rings. The number of rotatable bonds is 12. The second-order valence-electron chi connectivity index (χ2n) is 9.33. The first-order chi connectivity index (χ1) is 16.0. The maximum atomic E-state index is 12.9. The molecule has 1 amide bonds. The summed E-state index contributed by atoms with van der Waals surface area (Å²) < 4.78 is 5.62. The van der Waals surface area contributed by atoms with Crippen LogP contribution in [0.1, 0.15) is 38.3 Å². The Kier molecular flexibility index (Phi) is 9.62. The standard InChI is InChI=1S/C26H36N4O4/c1-7-8-14-27-17-20-22(24(32)23(20)31)28-21-13-10-9-12-19(21)18-30(16-11-15-29(5)6)25(33)34-26(2,3)4/h7-10,12-14,27-28H,1,11,15-18H2,2-6H3/b14-8+. The van der Waals surface area contributed by atoms with E-state index in [4.69, 9.17) is 4.74 Å². The number of allylic oxidation sites excluding steroid dienone is 2. The van der Waals surface area contributed by atoms with Gasteiger partial charge in [0.2, 0.25) is 10.9 Å². The fraction of sp³-hybridized carbons (Fsp3) is 0.423. The third kappa shape index (κ3) is 7.88. The molecule has 0 aliphatic rings. The van der Waals surface area contributed by atoms with Gasteiger partial charge in [0, 0.05) is 18.8 Å². The van der Waals surface area contributed by atoms with Crippen LogP contribution in [-0.4, -0.2) is 48.7 Å². The molecule has 0 unspecified atom stereocenters. The van der Waals surface area contributed by atoms with Gasteiger partial charge in [0.15, 0.2) is 0 Å². The molecule has 0 aliphatic carbocycles. The van der Waals surface area contributed by atoms with E-state index < -0.39 is 22.6 Å². The summed E-state index contributed by atoms with van der Waals surface area (Å²) in [5.74, 6) is 0. The van der Waals surface area contributed by atoms with Crippen LogP contribution in [0.3, 0.4) is 0 Å². The van der Waals surface area contributed by atoms with E-state index in [0.29, 0.717) is 24.3 Å². The van der Waals surface area contributed by atoms with Crippen molar-refractivity contribution in [1.82, 2.24) is 15.1 Å². The summed E-state index contributed by atoms with van der Waals surface area (Å²) in [7, 11) is 3.97. The summed E-state index contributed by atoms with van der Waals surface area (Å²) in [5.41, 5.74) is 0.486. The van der Waals surface area contributed by atoms with E-state index >= 15 is 0 Å². The minimum absolute atomic E-state index is 0.230. The zero-order valence-electron chi connectivity index (χ0n) is 20.8. The maximum Gasteiger partial charge on any atom is 0.410 e. The Bertz CT molecular complexity index is 1080. The van der Waals surface area contributed by atoms with Crippen LogP contribution in [0.4, 0.5) is 16.2 Å². The molecule has 34 heavy (non-hydrogen) atoms. The van der Waals surface area contributed by atoms with Gasteiger partial charge in [-0.25, -0.2) is 4.79 Å². The fourth-order valence-electron chi connectivity index (χ4n) is 3.30. The van der Waals surface area contributed by atoms with Gasteiger partial charge in [-0.15, -0.1) is 0 Å².